The minimum absolute atomic E-state index is 0.0580. The molecule has 6 heteroatoms. The predicted molar refractivity (Wildman–Crippen MR) is 130 cm³/mol. The van der Waals surface area contributed by atoms with Crippen LogP contribution in [-0.4, -0.2) is 37.2 Å². The highest BCUT2D eigenvalue weighted by Crippen LogP contribution is 2.34. The molecular formula is C27H28ClNO4. The second-order valence-corrected chi connectivity index (χ2v) is 8.22. The quantitative estimate of drug-likeness (QED) is 0.412. The number of rotatable bonds is 8. The predicted octanol–water partition coefficient (Wildman–Crippen LogP) is 5.96. The van der Waals surface area contributed by atoms with E-state index in [4.69, 9.17) is 25.8 Å². The van der Waals surface area contributed by atoms with E-state index < -0.39 is 0 Å². The van der Waals surface area contributed by atoms with E-state index in [1.54, 1.807) is 24.3 Å². The Balaban J connectivity index is 1.60. The van der Waals surface area contributed by atoms with Gasteiger partial charge in [0.05, 0.1) is 19.3 Å². The lowest BCUT2D eigenvalue weighted by Crippen LogP contribution is -2.42. The number of carbonyl (C=O) groups is 1. The second-order valence-electron chi connectivity index (χ2n) is 7.78. The topological polar surface area (TPSA) is 48.0 Å². The lowest BCUT2D eigenvalue weighted by atomic mass is 9.92. The molecule has 3 aromatic carbocycles. The zero-order valence-electron chi connectivity index (χ0n) is 18.9. The SMILES string of the molecule is CCOc1ccc(OCC2c3ccc(OCC)cc3CCN2C(=O)c2cccc(Cl)c2)cc1. The van der Waals surface area contributed by atoms with Gasteiger partial charge in [0.2, 0.25) is 0 Å². The molecular weight excluding hydrogens is 438 g/mol. The molecule has 0 bridgehead atoms. The Bertz CT molecular complexity index is 1100. The van der Waals surface area contributed by atoms with Crippen molar-refractivity contribution < 1.29 is 19.0 Å². The van der Waals surface area contributed by atoms with Gasteiger partial charge in [0, 0.05) is 17.1 Å². The van der Waals surface area contributed by atoms with Crippen molar-refractivity contribution in [3.63, 3.8) is 0 Å². The zero-order chi connectivity index (χ0) is 23.2. The van der Waals surface area contributed by atoms with Crippen molar-refractivity contribution in [2.75, 3.05) is 26.4 Å². The van der Waals surface area contributed by atoms with Gasteiger partial charge in [0.25, 0.3) is 5.91 Å². The molecule has 0 spiro atoms. The standard InChI is InChI=1S/C27H28ClNO4/c1-3-31-22-8-10-23(11-9-22)33-18-26-25-13-12-24(32-4-2)17-19(25)14-15-29(26)27(30)20-6-5-7-21(28)16-20/h5-13,16-17,26H,3-4,14-15,18H2,1-2H3. The lowest BCUT2D eigenvalue weighted by molar-refractivity contribution is 0.0590. The second kappa shape index (κ2) is 10.6. The Morgan fingerprint density at radius 3 is 2.27 bits per heavy atom. The van der Waals surface area contributed by atoms with Gasteiger partial charge in [0.15, 0.2) is 0 Å². The first-order valence-electron chi connectivity index (χ1n) is 11.3. The summed E-state index contributed by atoms with van der Waals surface area (Å²) in [4.78, 5) is 15.3. The Morgan fingerprint density at radius 1 is 0.909 bits per heavy atom. The molecule has 1 atom stereocenters. The zero-order valence-corrected chi connectivity index (χ0v) is 19.7. The van der Waals surface area contributed by atoms with Crippen molar-refractivity contribution in [3.05, 3.63) is 88.4 Å². The number of benzene rings is 3. The normalized spacial score (nSPS) is 15.0. The van der Waals surface area contributed by atoms with Crippen LogP contribution in [0.5, 0.6) is 17.2 Å². The van der Waals surface area contributed by atoms with Gasteiger partial charge in [-0.15, -0.1) is 0 Å². The fourth-order valence-electron chi connectivity index (χ4n) is 4.13. The number of carbonyl (C=O) groups excluding carboxylic acids is 1. The molecule has 33 heavy (non-hydrogen) atoms. The average Bonchev–Trinajstić information content (AvgIpc) is 2.83. The van der Waals surface area contributed by atoms with Crippen LogP contribution >= 0.6 is 11.6 Å². The van der Waals surface area contributed by atoms with Crippen LogP contribution in [0.4, 0.5) is 0 Å². The summed E-state index contributed by atoms with van der Waals surface area (Å²) in [6, 6.07) is 20.5. The van der Waals surface area contributed by atoms with Gasteiger partial charge in [-0.3, -0.25) is 4.79 Å². The molecule has 0 aliphatic carbocycles. The maximum absolute atomic E-state index is 13.4. The molecule has 4 rings (SSSR count). The molecule has 3 aromatic rings. The number of amides is 1. The van der Waals surface area contributed by atoms with Crippen LogP contribution in [0.3, 0.4) is 0 Å². The van der Waals surface area contributed by atoms with Gasteiger partial charge in [-0.05, 0) is 86.0 Å². The molecule has 1 unspecified atom stereocenters. The van der Waals surface area contributed by atoms with Crippen molar-refractivity contribution in [2.24, 2.45) is 0 Å². The number of halogens is 1. The number of fused-ring (bicyclic) bond motifs is 1. The first-order valence-corrected chi connectivity index (χ1v) is 11.6. The third-order valence-electron chi connectivity index (χ3n) is 5.66. The fourth-order valence-corrected chi connectivity index (χ4v) is 4.32. The molecule has 0 N–H and O–H groups in total. The summed E-state index contributed by atoms with van der Waals surface area (Å²) in [6.45, 7) is 6.07. The highest BCUT2D eigenvalue weighted by atomic mass is 35.5. The van der Waals surface area contributed by atoms with Crippen molar-refractivity contribution in [2.45, 2.75) is 26.3 Å². The van der Waals surface area contributed by atoms with Crippen LogP contribution in [0.2, 0.25) is 5.02 Å². The van der Waals surface area contributed by atoms with Crippen molar-refractivity contribution >= 4 is 17.5 Å². The van der Waals surface area contributed by atoms with Crippen LogP contribution in [0.25, 0.3) is 0 Å². The fraction of sp³-hybridized carbons (Fsp3) is 0.296. The van der Waals surface area contributed by atoms with E-state index >= 15 is 0 Å². The van der Waals surface area contributed by atoms with Gasteiger partial charge in [-0.25, -0.2) is 0 Å². The van der Waals surface area contributed by atoms with Gasteiger partial charge in [0.1, 0.15) is 23.9 Å². The molecule has 0 radical (unpaired) electrons. The number of hydrogen-bond donors (Lipinski definition) is 0. The molecule has 5 nitrogen and oxygen atoms in total. The van der Waals surface area contributed by atoms with Gasteiger partial charge >= 0.3 is 0 Å². The molecule has 1 aliphatic heterocycles. The minimum Gasteiger partial charge on any atom is -0.494 e. The van der Waals surface area contributed by atoms with Gasteiger partial charge < -0.3 is 19.1 Å². The minimum atomic E-state index is -0.234. The Kier molecular flexibility index (Phi) is 7.40. The molecule has 1 heterocycles. The van der Waals surface area contributed by atoms with E-state index in [1.165, 1.54) is 5.56 Å². The molecule has 1 aliphatic rings. The summed E-state index contributed by atoms with van der Waals surface area (Å²) in [5, 5.41) is 0.543. The summed E-state index contributed by atoms with van der Waals surface area (Å²) >= 11 is 6.15. The Hall–Kier alpha value is -3.18. The lowest BCUT2D eigenvalue weighted by Gasteiger charge is -2.37. The summed E-state index contributed by atoms with van der Waals surface area (Å²) in [5.41, 5.74) is 2.82. The highest BCUT2D eigenvalue weighted by molar-refractivity contribution is 6.30. The van der Waals surface area contributed by atoms with Crippen LogP contribution in [0.15, 0.2) is 66.7 Å². The summed E-state index contributed by atoms with van der Waals surface area (Å²) in [5.74, 6) is 2.31. The smallest absolute Gasteiger partial charge is 0.254 e. The third-order valence-corrected chi connectivity index (χ3v) is 5.89. The third kappa shape index (κ3) is 5.42. The molecule has 0 saturated carbocycles. The first-order chi connectivity index (χ1) is 16.1. The van der Waals surface area contributed by atoms with Crippen molar-refractivity contribution in [1.29, 1.82) is 0 Å². The number of hydrogen-bond acceptors (Lipinski definition) is 4. The first kappa shape index (κ1) is 23.0. The number of ether oxygens (including phenoxy) is 3. The van der Waals surface area contributed by atoms with E-state index in [2.05, 4.69) is 6.07 Å². The maximum Gasteiger partial charge on any atom is 0.254 e. The van der Waals surface area contributed by atoms with Crippen LogP contribution in [-0.2, 0) is 6.42 Å². The van der Waals surface area contributed by atoms with E-state index in [0.29, 0.717) is 37.0 Å². The maximum atomic E-state index is 13.4. The van der Waals surface area contributed by atoms with E-state index in [0.717, 1.165) is 29.2 Å². The van der Waals surface area contributed by atoms with Gasteiger partial charge in [-0.2, -0.15) is 0 Å². The van der Waals surface area contributed by atoms with Crippen molar-refractivity contribution in [3.8, 4) is 17.2 Å². The van der Waals surface area contributed by atoms with E-state index in [-0.39, 0.29) is 11.9 Å². The molecule has 0 saturated heterocycles. The van der Waals surface area contributed by atoms with Crippen molar-refractivity contribution in [1.82, 2.24) is 4.90 Å². The molecule has 1 amide bonds. The summed E-state index contributed by atoms with van der Waals surface area (Å²) in [7, 11) is 0. The Labute approximate surface area is 199 Å². The Morgan fingerprint density at radius 2 is 1.58 bits per heavy atom. The highest BCUT2D eigenvalue weighted by Gasteiger charge is 2.32. The van der Waals surface area contributed by atoms with Crippen LogP contribution < -0.4 is 14.2 Å². The van der Waals surface area contributed by atoms with Gasteiger partial charge in [-0.1, -0.05) is 23.7 Å². The van der Waals surface area contributed by atoms with E-state index in [1.807, 2.05) is 55.1 Å². The molecule has 0 aromatic heterocycles. The molecule has 172 valence electrons. The van der Waals surface area contributed by atoms with E-state index in [9.17, 15) is 4.79 Å². The average molecular weight is 466 g/mol. The monoisotopic (exact) mass is 465 g/mol. The summed E-state index contributed by atoms with van der Waals surface area (Å²) in [6.07, 6.45) is 0.752. The van der Waals surface area contributed by atoms with Crippen LogP contribution in [0, 0.1) is 0 Å². The largest absolute Gasteiger partial charge is 0.494 e. The summed E-state index contributed by atoms with van der Waals surface area (Å²) < 4.78 is 17.3. The molecule has 0 fully saturated rings. The van der Waals surface area contributed by atoms with Crippen LogP contribution in [0.1, 0.15) is 41.4 Å². The number of nitrogens with zero attached hydrogens (tertiary/aromatic N) is 1.